The molecule has 0 radical (unpaired) electrons. The molecular weight excluding hydrogens is 240 g/mol. The van der Waals surface area contributed by atoms with Crippen LogP contribution in [0.15, 0.2) is 12.3 Å². The molecule has 0 aliphatic carbocycles. The van der Waals surface area contributed by atoms with Gasteiger partial charge in [-0.15, -0.1) is 0 Å². The summed E-state index contributed by atoms with van der Waals surface area (Å²) >= 11 is 0. The molecule has 1 N–H and O–H groups in total. The van der Waals surface area contributed by atoms with Gasteiger partial charge in [0, 0.05) is 19.3 Å². The van der Waals surface area contributed by atoms with Crippen LogP contribution in [0.2, 0.25) is 0 Å². The third-order valence-corrected chi connectivity index (χ3v) is 4.49. The number of nitrogens with one attached hydrogen (secondary N) is 1. The van der Waals surface area contributed by atoms with Gasteiger partial charge in [-0.3, -0.25) is 0 Å². The van der Waals surface area contributed by atoms with Gasteiger partial charge in [0.15, 0.2) is 0 Å². The minimum absolute atomic E-state index is 0.365. The lowest BCUT2D eigenvalue weighted by Gasteiger charge is -2.21. The zero-order valence-corrected chi connectivity index (χ0v) is 11.1. The predicted molar refractivity (Wildman–Crippen MR) is 73.4 cm³/mol. The molecule has 3 fully saturated rings. The standard InChI is InChI=1S/C14H20N4O/c1-2-8-18(7-1)13-5-6-15-14(17-13)16-11-9-10-3-4-12(11)19-10/h5-6,10-12H,1-4,7-9H2,(H,15,16,17)/t10-,11+,12-/m1/s1. The van der Waals surface area contributed by atoms with Gasteiger partial charge in [0.1, 0.15) is 5.82 Å². The molecule has 0 spiro atoms. The fourth-order valence-corrected chi connectivity index (χ4v) is 3.50. The van der Waals surface area contributed by atoms with Gasteiger partial charge >= 0.3 is 0 Å². The second-order valence-electron chi connectivity index (χ2n) is 5.79. The molecule has 0 unspecified atom stereocenters. The summed E-state index contributed by atoms with van der Waals surface area (Å²) in [7, 11) is 0. The summed E-state index contributed by atoms with van der Waals surface area (Å²) in [4.78, 5) is 11.3. The van der Waals surface area contributed by atoms with Crippen LogP contribution in [0.3, 0.4) is 0 Å². The van der Waals surface area contributed by atoms with Crippen molar-refractivity contribution in [2.75, 3.05) is 23.3 Å². The molecule has 1 aromatic heterocycles. The Kier molecular flexibility index (Phi) is 2.80. The molecule has 0 amide bonds. The number of hydrogen-bond donors (Lipinski definition) is 1. The van der Waals surface area contributed by atoms with Crippen molar-refractivity contribution in [3.8, 4) is 0 Å². The minimum atomic E-state index is 0.365. The number of anilines is 2. The maximum atomic E-state index is 5.86. The Morgan fingerprint density at radius 1 is 1.26 bits per heavy atom. The third kappa shape index (κ3) is 2.16. The van der Waals surface area contributed by atoms with E-state index in [9.17, 15) is 0 Å². The molecule has 19 heavy (non-hydrogen) atoms. The van der Waals surface area contributed by atoms with Crippen LogP contribution in [0, 0.1) is 0 Å². The van der Waals surface area contributed by atoms with Crippen LogP contribution in [-0.2, 0) is 4.74 Å². The fraction of sp³-hybridized carbons (Fsp3) is 0.714. The van der Waals surface area contributed by atoms with Crippen molar-refractivity contribution in [1.29, 1.82) is 0 Å². The first kappa shape index (κ1) is 11.5. The Morgan fingerprint density at radius 2 is 2.16 bits per heavy atom. The molecule has 0 saturated carbocycles. The summed E-state index contributed by atoms with van der Waals surface area (Å²) in [5, 5.41) is 3.46. The Morgan fingerprint density at radius 3 is 2.89 bits per heavy atom. The maximum Gasteiger partial charge on any atom is 0.224 e. The van der Waals surface area contributed by atoms with Crippen molar-refractivity contribution in [3.05, 3.63) is 12.3 Å². The number of nitrogens with zero attached hydrogens (tertiary/aromatic N) is 3. The Balaban J connectivity index is 1.47. The lowest BCUT2D eigenvalue weighted by Crippen LogP contribution is -2.31. The summed E-state index contributed by atoms with van der Waals surface area (Å²) in [6.45, 7) is 2.24. The zero-order valence-electron chi connectivity index (χ0n) is 11.1. The van der Waals surface area contributed by atoms with Gasteiger partial charge in [0.05, 0.1) is 18.2 Å². The van der Waals surface area contributed by atoms with Crippen LogP contribution >= 0.6 is 0 Å². The van der Waals surface area contributed by atoms with E-state index in [1.54, 1.807) is 0 Å². The first-order chi connectivity index (χ1) is 9.38. The van der Waals surface area contributed by atoms with E-state index in [-0.39, 0.29) is 0 Å². The van der Waals surface area contributed by atoms with Gasteiger partial charge in [-0.25, -0.2) is 4.98 Å². The summed E-state index contributed by atoms with van der Waals surface area (Å²) in [5.74, 6) is 1.81. The highest BCUT2D eigenvalue weighted by molar-refractivity contribution is 5.43. The zero-order chi connectivity index (χ0) is 12.7. The van der Waals surface area contributed by atoms with Crippen molar-refractivity contribution in [2.45, 2.75) is 50.4 Å². The maximum absolute atomic E-state index is 5.86. The number of rotatable bonds is 3. The molecule has 0 aromatic carbocycles. The van der Waals surface area contributed by atoms with E-state index in [4.69, 9.17) is 4.74 Å². The van der Waals surface area contributed by atoms with E-state index in [2.05, 4.69) is 20.2 Å². The van der Waals surface area contributed by atoms with Crippen molar-refractivity contribution in [1.82, 2.24) is 9.97 Å². The van der Waals surface area contributed by atoms with Crippen LogP contribution in [-0.4, -0.2) is 41.3 Å². The molecular formula is C14H20N4O. The lowest BCUT2D eigenvalue weighted by atomic mass is 9.96. The summed E-state index contributed by atoms with van der Waals surface area (Å²) in [5.41, 5.74) is 0. The van der Waals surface area contributed by atoms with Crippen molar-refractivity contribution in [3.63, 3.8) is 0 Å². The van der Waals surface area contributed by atoms with Gasteiger partial charge in [-0.05, 0) is 38.2 Å². The Hall–Kier alpha value is -1.36. The second kappa shape index (κ2) is 4.63. The largest absolute Gasteiger partial charge is 0.373 e. The Bertz CT molecular complexity index is 461. The molecule has 3 aliphatic rings. The van der Waals surface area contributed by atoms with Gasteiger partial charge in [0.25, 0.3) is 0 Å². The number of fused-ring (bicyclic) bond motifs is 2. The molecule has 102 valence electrons. The van der Waals surface area contributed by atoms with E-state index in [1.807, 2.05) is 12.3 Å². The molecule has 3 saturated heterocycles. The van der Waals surface area contributed by atoms with Crippen LogP contribution in [0.1, 0.15) is 32.1 Å². The van der Waals surface area contributed by atoms with Gasteiger partial charge in [-0.1, -0.05) is 0 Å². The molecule has 3 atom stereocenters. The normalized spacial score (nSPS) is 33.1. The highest BCUT2D eigenvalue weighted by atomic mass is 16.5. The van der Waals surface area contributed by atoms with Gasteiger partial charge in [-0.2, -0.15) is 4.98 Å². The quantitative estimate of drug-likeness (QED) is 0.898. The average Bonchev–Trinajstić information content (AvgIpc) is 3.17. The second-order valence-corrected chi connectivity index (χ2v) is 5.79. The van der Waals surface area contributed by atoms with Crippen LogP contribution in [0.25, 0.3) is 0 Å². The smallest absolute Gasteiger partial charge is 0.224 e. The van der Waals surface area contributed by atoms with Crippen LogP contribution in [0.5, 0.6) is 0 Å². The first-order valence-corrected chi connectivity index (χ1v) is 7.38. The monoisotopic (exact) mass is 260 g/mol. The SMILES string of the molecule is c1cc(N2CCCC2)nc(N[C@H]2C[C@H]3CC[C@H]2O3)n1. The number of aromatic nitrogens is 2. The molecule has 2 bridgehead atoms. The fourth-order valence-electron chi connectivity index (χ4n) is 3.50. The third-order valence-electron chi connectivity index (χ3n) is 4.49. The molecule has 4 heterocycles. The van der Waals surface area contributed by atoms with E-state index < -0.39 is 0 Å². The minimum Gasteiger partial charge on any atom is -0.373 e. The van der Waals surface area contributed by atoms with E-state index in [0.29, 0.717) is 18.2 Å². The number of ether oxygens (including phenoxy) is 1. The highest BCUT2D eigenvalue weighted by Crippen LogP contribution is 2.35. The molecule has 1 aromatic rings. The summed E-state index contributed by atoms with van der Waals surface area (Å²) < 4.78 is 5.86. The van der Waals surface area contributed by atoms with Crippen molar-refractivity contribution >= 4 is 11.8 Å². The van der Waals surface area contributed by atoms with Gasteiger partial charge in [0.2, 0.25) is 5.95 Å². The predicted octanol–water partition coefficient (Wildman–Crippen LogP) is 1.81. The van der Waals surface area contributed by atoms with Crippen molar-refractivity contribution in [2.24, 2.45) is 0 Å². The van der Waals surface area contributed by atoms with Crippen molar-refractivity contribution < 1.29 is 4.74 Å². The molecule has 4 rings (SSSR count). The van der Waals surface area contributed by atoms with Crippen LogP contribution in [0.4, 0.5) is 11.8 Å². The highest BCUT2D eigenvalue weighted by Gasteiger charge is 2.41. The van der Waals surface area contributed by atoms with Gasteiger partial charge < -0.3 is 15.0 Å². The van der Waals surface area contributed by atoms with E-state index >= 15 is 0 Å². The summed E-state index contributed by atoms with van der Waals surface area (Å²) in [6, 6.07) is 2.40. The molecule has 5 nitrogen and oxygen atoms in total. The van der Waals surface area contributed by atoms with Crippen LogP contribution < -0.4 is 10.2 Å². The van der Waals surface area contributed by atoms with E-state index in [0.717, 1.165) is 31.3 Å². The Labute approximate surface area is 113 Å². The van der Waals surface area contributed by atoms with E-state index in [1.165, 1.54) is 25.7 Å². The molecule has 5 heteroatoms. The number of hydrogen-bond acceptors (Lipinski definition) is 5. The lowest BCUT2D eigenvalue weighted by molar-refractivity contribution is 0.102. The molecule has 3 aliphatic heterocycles. The average molecular weight is 260 g/mol. The topological polar surface area (TPSA) is 50.3 Å². The first-order valence-electron chi connectivity index (χ1n) is 7.38. The summed E-state index contributed by atoms with van der Waals surface area (Å²) in [6.07, 6.45) is 8.72.